The fourth-order valence-corrected chi connectivity index (χ4v) is 2.56. The largest absolute Gasteiger partial charge is 0.480 e. The highest BCUT2D eigenvalue weighted by Gasteiger charge is 2.37. The number of carboxylic acids is 1. The van der Waals surface area contributed by atoms with Crippen molar-refractivity contribution < 1.29 is 19.4 Å². The molecular weight excluding hydrogens is 260 g/mol. The summed E-state index contributed by atoms with van der Waals surface area (Å²) in [5, 5.41) is 11.9. The molecule has 2 N–H and O–H groups in total. The Morgan fingerprint density at radius 2 is 2.15 bits per heavy atom. The minimum absolute atomic E-state index is 0.0109. The smallest absolute Gasteiger partial charge is 0.329 e. The Kier molecular flexibility index (Phi) is 5.80. The van der Waals surface area contributed by atoms with E-state index in [0.29, 0.717) is 31.8 Å². The van der Waals surface area contributed by atoms with Crippen molar-refractivity contribution in [1.29, 1.82) is 0 Å². The van der Waals surface area contributed by atoms with Crippen molar-refractivity contribution in [2.75, 3.05) is 20.2 Å². The van der Waals surface area contributed by atoms with Crippen LogP contribution in [0.25, 0.3) is 0 Å². The number of carbonyl (C=O) groups is 2. The zero-order chi connectivity index (χ0) is 15.3. The van der Waals surface area contributed by atoms with E-state index in [4.69, 9.17) is 4.74 Å². The number of amides is 2. The van der Waals surface area contributed by atoms with E-state index in [0.717, 1.165) is 6.42 Å². The van der Waals surface area contributed by atoms with Crippen molar-refractivity contribution in [1.82, 2.24) is 10.2 Å². The Labute approximate surface area is 120 Å². The number of hydrogen-bond acceptors (Lipinski definition) is 3. The van der Waals surface area contributed by atoms with E-state index in [-0.39, 0.29) is 12.1 Å². The number of piperidine rings is 1. The van der Waals surface area contributed by atoms with Crippen LogP contribution in [0.3, 0.4) is 0 Å². The lowest BCUT2D eigenvalue weighted by molar-refractivity contribution is -0.144. The maximum atomic E-state index is 12.3. The summed E-state index contributed by atoms with van der Waals surface area (Å²) in [6, 6.07) is -0.322. The van der Waals surface area contributed by atoms with Gasteiger partial charge < -0.3 is 20.1 Å². The van der Waals surface area contributed by atoms with Gasteiger partial charge in [-0.05, 0) is 25.7 Å². The van der Waals surface area contributed by atoms with Crippen molar-refractivity contribution in [3.63, 3.8) is 0 Å². The molecule has 1 heterocycles. The number of carbonyl (C=O) groups excluding carboxylic acids is 1. The number of nitrogens with one attached hydrogen (secondary N) is 1. The maximum Gasteiger partial charge on any atom is 0.329 e. The molecule has 1 aliphatic heterocycles. The molecule has 0 saturated carbocycles. The Balaban J connectivity index is 2.68. The van der Waals surface area contributed by atoms with Gasteiger partial charge in [-0.3, -0.25) is 0 Å². The molecule has 1 fully saturated rings. The third-order valence-electron chi connectivity index (χ3n) is 4.08. The topological polar surface area (TPSA) is 78.9 Å². The number of ether oxygens (including phenoxy) is 1. The molecule has 1 rings (SSSR count). The molecule has 116 valence electrons. The van der Waals surface area contributed by atoms with E-state index >= 15 is 0 Å². The maximum absolute atomic E-state index is 12.3. The van der Waals surface area contributed by atoms with Crippen LogP contribution in [0.1, 0.15) is 40.0 Å². The number of likely N-dealkylation sites (tertiary alicyclic amines) is 1. The first-order valence-electron chi connectivity index (χ1n) is 7.17. The molecule has 1 saturated heterocycles. The lowest BCUT2D eigenvalue weighted by atomic mass is 9.95. The fourth-order valence-electron chi connectivity index (χ4n) is 2.56. The Morgan fingerprint density at radius 1 is 1.50 bits per heavy atom. The molecule has 0 radical (unpaired) electrons. The summed E-state index contributed by atoms with van der Waals surface area (Å²) in [6.07, 6.45) is 1.98. The van der Waals surface area contributed by atoms with Gasteiger partial charge in [0.15, 0.2) is 0 Å². The van der Waals surface area contributed by atoms with Crippen molar-refractivity contribution in [2.45, 2.75) is 51.7 Å². The molecule has 0 aromatic heterocycles. The van der Waals surface area contributed by atoms with E-state index in [1.165, 1.54) is 0 Å². The highest BCUT2D eigenvalue weighted by atomic mass is 16.5. The first-order valence-corrected chi connectivity index (χ1v) is 7.17. The summed E-state index contributed by atoms with van der Waals surface area (Å²) in [6.45, 7) is 6.69. The second-order valence-electron chi connectivity index (χ2n) is 5.80. The van der Waals surface area contributed by atoms with E-state index in [2.05, 4.69) is 12.2 Å². The molecule has 3 unspecified atom stereocenters. The summed E-state index contributed by atoms with van der Waals surface area (Å²) < 4.78 is 5.37. The monoisotopic (exact) mass is 286 g/mol. The predicted octanol–water partition coefficient (Wildman–Crippen LogP) is 1.70. The molecule has 3 atom stereocenters. The number of rotatable bonds is 5. The van der Waals surface area contributed by atoms with Gasteiger partial charge in [-0.25, -0.2) is 9.59 Å². The van der Waals surface area contributed by atoms with Gasteiger partial charge in [0.1, 0.15) is 5.54 Å². The molecule has 2 amide bonds. The standard InChI is InChI=1S/C14H26N2O4/c1-5-7-14(3,12(17)18)15-13(19)16-8-6-10(2)11(9-16)20-4/h10-11H,5-9H2,1-4H3,(H,15,19)(H,17,18). The van der Waals surface area contributed by atoms with Gasteiger partial charge in [0, 0.05) is 20.2 Å². The molecular formula is C14H26N2O4. The first kappa shape index (κ1) is 16.8. The summed E-state index contributed by atoms with van der Waals surface area (Å²) >= 11 is 0. The number of hydrogen-bond donors (Lipinski definition) is 2. The van der Waals surface area contributed by atoms with Crippen molar-refractivity contribution in [3.8, 4) is 0 Å². The SMILES string of the molecule is CCCC(C)(NC(=O)N1CCC(C)C(OC)C1)C(=O)O. The van der Waals surface area contributed by atoms with Gasteiger partial charge in [-0.15, -0.1) is 0 Å². The molecule has 0 spiro atoms. The molecule has 6 nitrogen and oxygen atoms in total. The Hall–Kier alpha value is -1.30. The molecule has 20 heavy (non-hydrogen) atoms. The number of carboxylic acid groups (broad SMARTS) is 1. The minimum atomic E-state index is -1.21. The zero-order valence-corrected chi connectivity index (χ0v) is 12.8. The molecule has 6 heteroatoms. The molecule has 1 aliphatic rings. The van der Waals surface area contributed by atoms with Gasteiger partial charge >= 0.3 is 12.0 Å². The number of aliphatic carboxylic acids is 1. The van der Waals surface area contributed by atoms with Gasteiger partial charge in [-0.2, -0.15) is 0 Å². The number of urea groups is 1. The van der Waals surface area contributed by atoms with E-state index in [1.807, 2.05) is 6.92 Å². The average molecular weight is 286 g/mol. The van der Waals surface area contributed by atoms with Crippen molar-refractivity contribution in [3.05, 3.63) is 0 Å². The third kappa shape index (κ3) is 3.85. The van der Waals surface area contributed by atoms with Crippen molar-refractivity contribution >= 4 is 12.0 Å². The van der Waals surface area contributed by atoms with Crippen LogP contribution in [0.15, 0.2) is 0 Å². The summed E-state index contributed by atoms with van der Waals surface area (Å²) in [5.74, 6) is -0.591. The van der Waals surface area contributed by atoms with Crippen LogP contribution in [0.2, 0.25) is 0 Å². The second-order valence-corrected chi connectivity index (χ2v) is 5.80. The van der Waals surface area contributed by atoms with Crippen LogP contribution >= 0.6 is 0 Å². The zero-order valence-electron chi connectivity index (χ0n) is 12.8. The third-order valence-corrected chi connectivity index (χ3v) is 4.08. The second kappa shape index (κ2) is 6.92. The first-order chi connectivity index (χ1) is 9.34. The fraction of sp³-hybridized carbons (Fsp3) is 0.857. The van der Waals surface area contributed by atoms with Gasteiger partial charge in [0.25, 0.3) is 0 Å². The van der Waals surface area contributed by atoms with Crippen molar-refractivity contribution in [2.24, 2.45) is 5.92 Å². The average Bonchev–Trinajstić information content (AvgIpc) is 2.39. The number of nitrogens with zero attached hydrogens (tertiary/aromatic N) is 1. The summed E-state index contributed by atoms with van der Waals surface area (Å²) in [7, 11) is 1.64. The number of methoxy groups -OCH3 is 1. The normalized spacial score (nSPS) is 25.9. The quantitative estimate of drug-likeness (QED) is 0.806. The van der Waals surface area contributed by atoms with E-state index in [1.54, 1.807) is 18.9 Å². The van der Waals surface area contributed by atoms with Gasteiger partial charge in [0.2, 0.25) is 0 Å². The summed E-state index contributed by atoms with van der Waals surface area (Å²) in [4.78, 5) is 25.2. The van der Waals surface area contributed by atoms with Crippen LogP contribution in [0.4, 0.5) is 4.79 Å². The predicted molar refractivity (Wildman–Crippen MR) is 75.6 cm³/mol. The highest BCUT2D eigenvalue weighted by Crippen LogP contribution is 2.20. The highest BCUT2D eigenvalue weighted by molar-refractivity contribution is 5.85. The van der Waals surface area contributed by atoms with E-state index < -0.39 is 11.5 Å². The Morgan fingerprint density at radius 3 is 2.65 bits per heavy atom. The molecule has 0 aromatic rings. The van der Waals surface area contributed by atoms with Gasteiger partial charge in [-0.1, -0.05) is 20.3 Å². The van der Waals surface area contributed by atoms with Gasteiger partial charge in [0.05, 0.1) is 6.10 Å². The lowest BCUT2D eigenvalue weighted by Crippen LogP contribution is -2.58. The lowest BCUT2D eigenvalue weighted by Gasteiger charge is -2.38. The minimum Gasteiger partial charge on any atom is -0.480 e. The molecule has 0 aliphatic carbocycles. The van der Waals surface area contributed by atoms with Crippen LogP contribution < -0.4 is 5.32 Å². The van der Waals surface area contributed by atoms with E-state index in [9.17, 15) is 14.7 Å². The summed E-state index contributed by atoms with van der Waals surface area (Å²) in [5.41, 5.74) is -1.21. The molecule has 0 aromatic carbocycles. The van der Waals surface area contributed by atoms with Crippen LogP contribution in [0.5, 0.6) is 0 Å². The molecule has 0 bridgehead atoms. The van der Waals surface area contributed by atoms with Crippen LogP contribution in [-0.2, 0) is 9.53 Å². The van der Waals surface area contributed by atoms with Crippen LogP contribution in [-0.4, -0.2) is 53.8 Å². The van der Waals surface area contributed by atoms with Crippen LogP contribution in [0, 0.1) is 5.92 Å². The Bertz CT molecular complexity index is 361.